The zero-order valence-electron chi connectivity index (χ0n) is 10.5. The van der Waals surface area contributed by atoms with Crippen LogP contribution in [0, 0.1) is 11.6 Å². The van der Waals surface area contributed by atoms with Gasteiger partial charge in [-0.05, 0) is 19.2 Å². The van der Waals surface area contributed by atoms with Gasteiger partial charge in [-0.3, -0.25) is 0 Å². The smallest absolute Gasteiger partial charge is 0.222 e. The quantitative estimate of drug-likeness (QED) is 0.812. The van der Waals surface area contributed by atoms with Crippen LogP contribution in [0.25, 0.3) is 11.1 Å². The summed E-state index contributed by atoms with van der Waals surface area (Å²) in [7, 11) is 1.85. The molecule has 2 N–H and O–H groups in total. The van der Waals surface area contributed by atoms with Crippen LogP contribution in [0.5, 0.6) is 0 Å². The molecule has 0 spiro atoms. The number of halogens is 2. The van der Waals surface area contributed by atoms with Crippen LogP contribution >= 0.6 is 0 Å². The van der Waals surface area contributed by atoms with Gasteiger partial charge in [0.15, 0.2) is 0 Å². The lowest BCUT2D eigenvalue weighted by Gasteiger charge is -2.06. The van der Waals surface area contributed by atoms with Crippen molar-refractivity contribution in [2.24, 2.45) is 0 Å². The zero-order chi connectivity index (χ0) is 13.7. The van der Waals surface area contributed by atoms with Crippen molar-refractivity contribution in [1.82, 2.24) is 15.3 Å². The van der Waals surface area contributed by atoms with E-state index in [2.05, 4.69) is 20.6 Å². The summed E-state index contributed by atoms with van der Waals surface area (Å²) in [5.74, 6) is -0.756. The summed E-state index contributed by atoms with van der Waals surface area (Å²) in [4.78, 5) is 8.16. The highest BCUT2D eigenvalue weighted by Crippen LogP contribution is 2.22. The van der Waals surface area contributed by atoms with Crippen LogP contribution < -0.4 is 10.6 Å². The van der Waals surface area contributed by atoms with E-state index in [0.29, 0.717) is 18.1 Å². The molecule has 0 aliphatic carbocycles. The molecule has 1 aromatic carbocycles. The monoisotopic (exact) mass is 264 g/mol. The number of likely N-dealkylation sites (N-methyl/N-ethyl adjacent to an activating group) is 1. The van der Waals surface area contributed by atoms with Gasteiger partial charge in [0.25, 0.3) is 0 Å². The molecular weight excluding hydrogens is 250 g/mol. The van der Waals surface area contributed by atoms with Gasteiger partial charge < -0.3 is 10.6 Å². The van der Waals surface area contributed by atoms with E-state index in [1.54, 1.807) is 0 Å². The molecule has 2 aromatic rings. The van der Waals surface area contributed by atoms with E-state index in [4.69, 9.17) is 0 Å². The average Bonchev–Trinajstić information content (AvgIpc) is 2.40. The molecule has 0 aliphatic rings. The van der Waals surface area contributed by atoms with Gasteiger partial charge in [0.1, 0.15) is 11.6 Å². The van der Waals surface area contributed by atoms with Gasteiger partial charge in [-0.1, -0.05) is 0 Å². The minimum Gasteiger partial charge on any atom is -0.353 e. The SMILES string of the molecule is CNCCNc1ncc(-c2ccc(F)cc2F)cn1. The summed E-state index contributed by atoms with van der Waals surface area (Å²) < 4.78 is 26.4. The maximum atomic E-state index is 13.6. The Kier molecular flexibility index (Phi) is 4.35. The second-order valence-electron chi connectivity index (χ2n) is 3.95. The second kappa shape index (κ2) is 6.19. The van der Waals surface area contributed by atoms with E-state index in [0.717, 1.165) is 12.6 Å². The fourth-order valence-electron chi connectivity index (χ4n) is 1.58. The Morgan fingerprint density at radius 2 is 1.84 bits per heavy atom. The maximum Gasteiger partial charge on any atom is 0.222 e. The predicted molar refractivity (Wildman–Crippen MR) is 69.8 cm³/mol. The van der Waals surface area contributed by atoms with E-state index in [9.17, 15) is 8.78 Å². The molecule has 2 rings (SSSR count). The fraction of sp³-hybridized carbons (Fsp3) is 0.231. The Balaban J connectivity index is 2.13. The van der Waals surface area contributed by atoms with Crippen LogP contribution in [0.2, 0.25) is 0 Å². The molecule has 100 valence electrons. The highest BCUT2D eigenvalue weighted by atomic mass is 19.1. The molecule has 0 fully saturated rings. The van der Waals surface area contributed by atoms with E-state index < -0.39 is 11.6 Å². The van der Waals surface area contributed by atoms with Gasteiger partial charge in [-0.25, -0.2) is 18.7 Å². The Morgan fingerprint density at radius 3 is 2.47 bits per heavy atom. The lowest BCUT2D eigenvalue weighted by Crippen LogP contribution is -2.18. The number of anilines is 1. The van der Waals surface area contributed by atoms with Gasteiger partial charge >= 0.3 is 0 Å². The lowest BCUT2D eigenvalue weighted by atomic mass is 10.1. The molecular formula is C13H14F2N4. The number of benzene rings is 1. The first kappa shape index (κ1) is 13.4. The summed E-state index contributed by atoms with van der Waals surface area (Å²) in [5.41, 5.74) is 0.792. The number of aromatic nitrogens is 2. The molecule has 0 atom stereocenters. The van der Waals surface area contributed by atoms with E-state index in [1.165, 1.54) is 24.5 Å². The maximum absolute atomic E-state index is 13.6. The Labute approximate surface area is 109 Å². The third-order valence-electron chi connectivity index (χ3n) is 2.55. The molecule has 0 aliphatic heterocycles. The Morgan fingerprint density at radius 1 is 1.11 bits per heavy atom. The first-order valence-electron chi connectivity index (χ1n) is 5.86. The summed E-state index contributed by atoms with van der Waals surface area (Å²) in [6, 6.07) is 3.42. The average molecular weight is 264 g/mol. The van der Waals surface area contributed by atoms with Crippen LogP contribution in [0.1, 0.15) is 0 Å². The van der Waals surface area contributed by atoms with E-state index in [-0.39, 0.29) is 5.56 Å². The molecule has 0 saturated carbocycles. The number of nitrogens with one attached hydrogen (secondary N) is 2. The standard InChI is InChI=1S/C13H14F2N4/c1-16-4-5-17-13-18-7-9(8-19-13)11-3-2-10(14)6-12(11)15/h2-3,6-8,16H,4-5H2,1H3,(H,17,18,19). The molecule has 0 saturated heterocycles. The van der Waals surface area contributed by atoms with Crippen molar-refractivity contribution in [3.05, 3.63) is 42.2 Å². The van der Waals surface area contributed by atoms with Crippen molar-refractivity contribution in [2.45, 2.75) is 0 Å². The van der Waals surface area contributed by atoms with Crippen molar-refractivity contribution < 1.29 is 8.78 Å². The third-order valence-corrected chi connectivity index (χ3v) is 2.55. The first-order chi connectivity index (χ1) is 9.20. The minimum atomic E-state index is -0.625. The van der Waals surface area contributed by atoms with Crippen LogP contribution in [-0.2, 0) is 0 Å². The minimum absolute atomic E-state index is 0.281. The number of rotatable bonds is 5. The van der Waals surface area contributed by atoms with Crippen molar-refractivity contribution in [3.63, 3.8) is 0 Å². The highest BCUT2D eigenvalue weighted by molar-refractivity contribution is 5.62. The topological polar surface area (TPSA) is 49.8 Å². The van der Waals surface area contributed by atoms with Gasteiger partial charge in [0.05, 0.1) is 0 Å². The van der Waals surface area contributed by atoms with E-state index >= 15 is 0 Å². The van der Waals surface area contributed by atoms with Crippen LogP contribution in [0.4, 0.5) is 14.7 Å². The molecule has 0 bridgehead atoms. The van der Waals surface area contributed by atoms with Gasteiger partial charge in [-0.2, -0.15) is 0 Å². The van der Waals surface area contributed by atoms with E-state index in [1.807, 2.05) is 7.05 Å². The summed E-state index contributed by atoms with van der Waals surface area (Å²) in [6.07, 6.45) is 3.01. The molecule has 6 heteroatoms. The van der Waals surface area contributed by atoms with Crippen LogP contribution in [0.15, 0.2) is 30.6 Å². The molecule has 1 aromatic heterocycles. The number of hydrogen-bond donors (Lipinski definition) is 2. The summed E-state index contributed by atoms with van der Waals surface area (Å²) in [6.45, 7) is 1.48. The molecule has 0 amide bonds. The third kappa shape index (κ3) is 3.45. The van der Waals surface area contributed by atoms with Crippen LogP contribution in [0.3, 0.4) is 0 Å². The predicted octanol–water partition coefficient (Wildman–Crippen LogP) is 2.05. The fourth-order valence-corrected chi connectivity index (χ4v) is 1.58. The molecule has 19 heavy (non-hydrogen) atoms. The largest absolute Gasteiger partial charge is 0.353 e. The van der Waals surface area contributed by atoms with Gasteiger partial charge in [0.2, 0.25) is 5.95 Å². The summed E-state index contributed by atoms with van der Waals surface area (Å²) in [5, 5.41) is 5.99. The molecule has 4 nitrogen and oxygen atoms in total. The number of hydrogen-bond acceptors (Lipinski definition) is 4. The Bertz CT molecular complexity index is 543. The highest BCUT2D eigenvalue weighted by Gasteiger charge is 2.07. The van der Waals surface area contributed by atoms with Crippen molar-refractivity contribution in [3.8, 4) is 11.1 Å². The van der Waals surface area contributed by atoms with Crippen LogP contribution in [-0.4, -0.2) is 30.1 Å². The first-order valence-corrected chi connectivity index (χ1v) is 5.86. The number of nitrogens with zero attached hydrogens (tertiary/aromatic N) is 2. The van der Waals surface area contributed by atoms with Crippen molar-refractivity contribution >= 4 is 5.95 Å². The van der Waals surface area contributed by atoms with Gasteiger partial charge in [-0.15, -0.1) is 0 Å². The molecule has 0 unspecified atom stereocenters. The van der Waals surface area contributed by atoms with Crippen molar-refractivity contribution in [2.75, 3.05) is 25.5 Å². The van der Waals surface area contributed by atoms with Crippen molar-refractivity contribution in [1.29, 1.82) is 0 Å². The summed E-state index contributed by atoms with van der Waals surface area (Å²) >= 11 is 0. The molecule has 0 radical (unpaired) electrons. The Hall–Kier alpha value is -2.08. The molecule has 1 heterocycles. The van der Waals surface area contributed by atoms with Gasteiger partial charge in [0, 0.05) is 42.7 Å². The lowest BCUT2D eigenvalue weighted by molar-refractivity contribution is 0.585. The zero-order valence-corrected chi connectivity index (χ0v) is 10.5. The normalized spacial score (nSPS) is 10.5. The second-order valence-corrected chi connectivity index (χ2v) is 3.95.